The van der Waals surface area contributed by atoms with Crippen molar-refractivity contribution in [2.45, 2.75) is 26.3 Å². The number of anilines is 2. The zero-order valence-electron chi connectivity index (χ0n) is 14.0. The number of carbonyl (C=O) groups excluding carboxylic acids is 1. The lowest BCUT2D eigenvalue weighted by atomic mass is 10.1. The molecule has 0 spiro atoms. The first-order valence-corrected chi connectivity index (χ1v) is 9.18. The molecular weight excluding hydrogens is 334 g/mol. The van der Waals surface area contributed by atoms with Crippen molar-refractivity contribution >= 4 is 28.7 Å². The van der Waals surface area contributed by atoms with Crippen LogP contribution < -0.4 is 10.2 Å². The third-order valence-corrected chi connectivity index (χ3v) is 5.30. The van der Waals surface area contributed by atoms with Gasteiger partial charge in [0.1, 0.15) is 17.3 Å². The fourth-order valence-electron chi connectivity index (χ4n) is 3.00. The number of rotatable bonds is 4. The van der Waals surface area contributed by atoms with Crippen LogP contribution in [-0.4, -0.2) is 17.4 Å². The van der Waals surface area contributed by atoms with Gasteiger partial charge >= 0.3 is 0 Å². The summed E-state index contributed by atoms with van der Waals surface area (Å²) in [5, 5.41) is 3.40. The summed E-state index contributed by atoms with van der Waals surface area (Å²) in [5.74, 6) is 2.36. The Kier molecular flexibility index (Phi) is 4.28. The summed E-state index contributed by atoms with van der Waals surface area (Å²) in [6.45, 7) is 3.19. The van der Waals surface area contributed by atoms with Gasteiger partial charge in [0, 0.05) is 17.1 Å². The van der Waals surface area contributed by atoms with E-state index < -0.39 is 0 Å². The van der Waals surface area contributed by atoms with E-state index in [2.05, 4.69) is 27.3 Å². The average molecular weight is 353 g/mol. The maximum atomic E-state index is 12.5. The number of benzene rings is 1. The zero-order valence-corrected chi connectivity index (χ0v) is 14.8. The number of hydrogen-bond donors (Lipinski definition) is 1. The van der Waals surface area contributed by atoms with E-state index in [1.165, 1.54) is 16.2 Å². The molecule has 1 aromatic carbocycles. The molecule has 0 saturated carbocycles. The molecule has 3 aromatic rings. The number of furan rings is 1. The number of para-hydroxylation sites is 1. The van der Waals surface area contributed by atoms with Gasteiger partial charge in [-0.3, -0.25) is 4.79 Å². The normalized spacial score (nSPS) is 13.6. The third-order valence-electron chi connectivity index (χ3n) is 4.20. The van der Waals surface area contributed by atoms with Gasteiger partial charge in [-0.1, -0.05) is 18.2 Å². The molecule has 1 amide bonds. The Balaban J connectivity index is 1.52. The Morgan fingerprint density at radius 3 is 2.88 bits per heavy atom. The quantitative estimate of drug-likeness (QED) is 0.768. The molecule has 1 aliphatic rings. The van der Waals surface area contributed by atoms with Gasteiger partial charge in [-0.25, -0.2) is 4.98 Å². The molecule has 3 heterocycles. The molecule has 0 saturated heterocycles. The molecule has 0 radical (unpaired) electrons. The van der Waals surface area contributed by atoms with Crippen molar-refractivity contribution in [3.8, 4) is 0 Å². The molecule has 1 aliphatic heterocycles. The summed E-state index contributed by atoms with van der Waals surface area (Å²) < 4.78 is 5.49. The maximum Gasteiger partial charge on any atom is 0.280 e. The van der Waals surface area contributed by atoms with Gasteiger partial charge < -0.3 is 14.6 Å². The molecule has 25 heavy (non-hydrogen) atoms. The Bertz CT molecular complexity index is 885. The van der Waals surface area contributed by atoms with Gasteiger partial charge in [0.25, 0.3) is 5.91 Å². The second-order valence-electron chi connectivity index (χ2n) is 6.05. The first kappa shape index (κ1) is 15.9. The van der Waals surface area contributed by atoms with E-state index in [1.807, 2.05) is 37.3 Å². The summed E-state index contributed by atoms with van der Waals surface area (Å²) in [6.07, 6.45) is 2.04. The van der Waals surface area contributed by atoms with Crippen molar-refractivity contribution in [1.29, 1.82) is 0 Å². The fourth-order valence-corrected chi connectivity index (χ4v) is 4.02. The highest BCUT2D eigenvalue weighted by Gasteiger charge is 2.25. The number of aryl methyl sites for hydroxylation is 2. The van der Waals surface area contributed by atoms with Gasteiger partial charge in [-0.15, -0.1) is 11.3 Å². The Hall–Kier alpha value is -2.60. The second kappa shape index (κ2) is 6.72. The van der Waals surface area contributed by atoms with E-state index in [1.54, 1.807) is 0 Å². The number of thiazole rings is 1. The molecule has 4 rings (SSSR count). The molecule has 128 valence electrons. The van der Waals surface area contributed by atoms with E-state index in [0.717, 1.165) is 42.4 Å². The molecule has 0 fully saturated rings. The molecule has 0 aliphatic carbocycles. The van der Waals surface area contributed by atoms with E-state index in [9.17, 15) is 4.79 Å². The number of fused-ring (bicyclic) bond motifs is 1. The molecule has 6 heteroatoms. The van der Waals surface area contributed by atoms with Crippen molar-refractivity contribution < 1.29 is 9.21 Å². The predicted octanol–water partition coefficient (Wildman–Crippen LogP) is 4.06. The monoisotopic (exact) mass is 353 g/mol. The van der Waals surface area contributed by atoms with E-state index in [4.69, 9.17) is 4.42 Å². The molecule has 0 atom stereocenters. The lowest BCUT2D eigenvalue weighted by Crippen LogP contribution is -2.25. The number of nitrogens with zero attached hydrogens (tertiary/aromatic N) is 2. The standard InChI is InChI=1S/C19H19N3O2S/c1-13-9-10-15(24-13)12-20-18(23)19-21-17-16(25-19)8-5-11-22(17)14-6-3-2-4-7-14/h2-4,6-7,9-10H,5,8,11-12H2,1H3,(H,20,23). The summed E-state index contributed by atoms with van der Waals surface area (Å²) in [7, 11) is 0. The Labute approximate surface area is 150 Å². The van der Waals surface area contributed by atoms with Gasteiger partial charge in [0.15, 0.2) is 5.01 Å². The maximum absolute atomic E-state index is 12.5. The van der Waals surface area contributed by atoms with Gasteiger partial charge in [0.05, 0.1) is 6.54 Å². The molecular formula is C19H19N3O2S. The van der Waals surface area contributed by atoms with E-state index in [-0.39, 0.29) is 5.91 Å². The summed E-state index contributed by atoms with van der Waals surface area (Å²) >= 11 is 1.49. The molecule has 0 bridgehead atoms. The number of amides is 1. The van der Waals surface area contributed by atoms with Crippen LogP contribution in [0.5, 0.6) is 0 Å². The molecule has 2 aromatic heterocycles. The third kappa shape index (κ3) is 3.30. The fraction of sp³-hybridized carbons (Fsp3) is 0.263. The van der Waals surface area contributed by atoms with Gasteiger partial charge in [0.2, 0.25) is 0 Å². The van der Waals surface area contributed by atoms with Crippen molar-refractivity contribution in [1.82, 2.24) is 10.3 Å². The van der Waals surface area contributed by atoms with Crippen LogP contribution in [0.3, 0.4) is 0 Å². The van der Waals surface area contributed by atoms with Gasteiger partial charge in [-0.2, -0.15) is 0 Å². The van der Waals surface area contributed by atoms with Crippen LogP contribution in [0.2, 0.25) is 0 Å². The smallest absolute Gasteiger partial charge is 0.280 e. The van der Waals surface area contributed by atoms with Crippen LogP contribution in [0, 0.1) is 6.92 Å². The first-order chi connectivity index (χ1) is 12.2. The SMILES string of the molecule is Cc1ccc(CNC(=O)c2nc3c(s2)CCCN3c2ccccc2)o1. The first-order valence-electron chi connectivity index (χ1n) is 8.36. The number of carbonyl (C=O) groups is 1. The predicted molar refractivity (Wildman–Crippen MR) is 98.5 cm³/mol. The zero-order chi connectivity index (χ0) is 17.2. The minimum atomic E-state index is -0.151. The van der Waals surface area contributed by atoms with Crippen molar-refractivity contribution in [3.05, 3.63) is 63.9 Å². The lowest BCUT2D eigenvalue weighted by molar-refractivity contribution is 0.0947. The number of nitrogens with one attached hydrogen (secondary N) is 1. The minimum absolute atomic E-state index is 0.151. The second-order valence-corrected chi connectivity index (χ2v) is 7.14. The van der Waals surface area contributed by atoms with Crippen LogP contribution in [0.4, 0.5) is 11.5 Å². The minimum Gasteiger partial charge on any atom is -0.465 e. The van der Waals surface area contributed by atoms with Gasteiger partial charge in [-0.05, 0) is 44.0 Å². The van der Waals surface area contributed by atoms with Crippen LogP contribution >= 0.6 is 11.3 Å². The highest BCUT2D eigenvalue weighted by molar-refractivity contribution is 7.14. The number of hydrogen-bond acceptors (Lipinski definition) is 5. The van der Waals surface area contributed by atoms with Crippen molar-refractivity contribution in [2.75, 3.05) is 11.4 Å². The lowest BCUT2D eigenvalue weighted by Gasteiger charge is -2.27. The van der Waals surface area contributed by atoms with E-state index in [0.29, 0.717) is 11.6 Å². The van der Waals surface area contributed by atoms with Crippen LogP contribution in [0.15, 0.2) is 46.9 Å². The van der Waals surface area contributed by atoms with Crippen LogP contribution in [-0.2, 0) is 13.0 Å². The van der Waals surface area contributed by atoms with Crippen LogP contribution in [0.1, 0.15) is 32.6 Å². The topological polar surface area (TPSA) is 58.4 Å². The largest absolute Gasteiger partial charge is 0.465 e. The Morgan fingerprint density at radius 1 is 1.28 bits per heavy atom. The van der Waals surface area contributed by atoms with E-state index >= 15 is 0 Å². The van der Waals surface area contributed by atoms with Crippen molar-refractivity contribution in [3.63, 3.8) is 0 Å². The summed E-state index contributed by atoms with van der Waals surface area (Å²) in [6, 6.07) is 14.0. The molecule has 1 N–H and O–H groups in total. The summed E-state index contributed by atoms with van der Waals surface area (Å²) in [4.78, 5) is 20.5. The summed E-state index contributed by atoms with van der Waals surface area (Å²) in [5.41, 5.74) is 1.12. The highest BCUT2D eigenvalue weighted by atomic mass is 32.1. The average Bonchev–Trinajstić information content (AvgIpc) is 3.26. The highest BCUT2D eigenvalue weighted by Crippen LogP contribution is 2.36. The molecule has 5 nitrogen and oxygen atoms in total. The van der Waals surface area contributed by atoms with Crippen LogP contribution in [0.25, 0.3) is 0 Å². The Morgan fingerprint density at radius 2 is 2.12 bits per heavy atom. The van der Waals surface area contributed by atoms with Crippen molar-refractivity contribution in [2.24, 2.45) is 0 Å². The number of aromatic nitrogens is 1. The molecule has 0 unspecified atom stereocenters.